The molecule has 3 amide bonds. The van der Waals surface area contributed by atoms with Crippen molar-refractivity contribution in [3.63, 3.8) is 0 Å². The van der Waals surface area contributed by atoms with E-state index in [0.29, 0.717) is 19.6 Å². The maximum atomic E-state index is 12.8. The number of urea groups is 1. The van der Waals surface area contributed by atoms with E-state index in [4.69, 9.17) is 0 Å². The quantitative estimate of drug-likeness (QED) is 0.808. The number of amides is 3. The third kappa shape index (κ3) is 4.69. The molecule has 1 aliphatic rings. The molecule has 1 heterocycles. The molecule has 1 saturated heterocycles. The lowest BCUT2D eigenvalue weighted by atomic mass is 10.1. The lowest BCUT2D eigenvalue weighted by Crippen LogP contribution is -2.43. The van der Waals surface area contributed by atoms with Crippen molar-refractivity contribution in [3.8, 4) is 0 Å². The highest BCUT2D eigenvalue weighted by Crippen LogP contribution is 2.44. The smallest absolute Gasteiger partial charge is 0.317 e. The first-order chi connectivity index (χ1) is 12.0. The molecule has 5 nitrogen and oxygen atoms in total. The van der Waals surface area contributed by atoms with Gasteiger partial charge in [-0.3, -0.25) is 4.79 Å². The van der Waals surface area contributed by atoms with Crippen LogP contribution in [-0.4, -0.2) is 53.7 Å². The van der Waals surface area contributed by atoms with E-state index in [9.17, 15) is 9.59 Å². The molecule has 2 rings (SSSR count). The molecule has 1 aliphatic heterocycles. The van der Waals surface area contributed by atoms with Crippen LogP contribution in [0.1, 0.15) is 43.2 Å². The summed E-state index contributed by atoms with van der Waals surface area (Å²) in [4.78, 5) is 28.4. The Balaban J connectivity index is 2.08. The third-order valence-corrected chi connectivity index (χ3v) is 6.14. The Bertz CT molecular complexity index is 608. The summed E-state index contributed by atoms with van der Waals surface area (Å²) in [6.07, 6.45) is 1.74. The molecule has 1 aromatic carbocycles. The van der Waals surface area contributed by atoms with Crippen molar-refractivity contribution in [2.75, 3.05) is 26.7 Å². The fraction of sp³-hybridized carbons (Fsp3) is 0.579. The summed E-state index contributed by atoms with van der Waals surface area (Å²) in [6.45, 7) is 7.92. The number of nitrogens with zero attached hydrogens (tertiary/aromatic N) is 2. The first-order valence-corrected chi connectivity index (χ1v) is 9.94. The minimum atomic E-state index is -0.0827. The SMILES string of the molecule is CCCNC(=O)N(C)CCN1C(=O)[C@H](CC)S[C@@H]1c1ccccc1C. The van der Waals surface area contributed by atoms with Crippen LogP contribution in [0.2, 0.25) is 0 Å². The zero-order valence-corrected chi connectivity index (χ0v) is 16.4. The molecule has 0 unspecified atom stereocenters. The number of hydrogen-bond acceptors (Lipinski definition) is 3. The first-order valence-electron chi connectivity index (χ1n) is 9.00. The van der Waals surface area contributed by atoms with Gasteiger partial charge in [-0.2, -0.15) is 0 Å². The molecule has 1 fully saturated rings. The van der Waals surface area contributed by atoms with Gasteiger partial charge in [0.25, 0.3) is 0 Å². The summed E-state index contributed by atoms with van der Waals surface area (Å²) >= 11 is 1.73. The number of aryl methyl sites for hydroxylation is 1. The fourth-order valence-electron chi connectivity index (χ4n) is 2.92. The van der Waals surface area contributed by atoms with Crippen molar-refractivity contribution in [2.45, 2.75) is 44.2 Å². The molecule has 1 N–H and O–H groups in total. The van der Waals surface area contributed by atoms with Crippen LogP contribution in [0.5, 0.6) is 0 Å². The fourth-order valence-corrected chi connectivity index (χ4v) is 4.44. The number of carbonyl (C=O) groups excluding carboxylic acids is 2. The summed E-state index contributed by atoms with van der Waals surface area (Å²) < 4.78 is 0. The minimum Gasteiger partial charge on any atom is -0.338 e. The van der Waals surface area contributed by atoms with Gasteiger partial charge in [0.1, 0.15) is 5.37 Å². The molecular weight excluding hydrogens is 334 g/mol. The Labute approximate surface area is 155 Å². The molecule has 0 aromatic heterocycles. The van der Waals surface area contributed by atoms with Gasteiger partial charge in [-0.1, -0.05) is 38.1 Å². The third-order valence-electron chi connectivity index (χ3n) is 4.51. The number of nitrogens with one attached hydrogen (secondary N) is 1. The van der Waals surface area contributed by atoms with E-state index < -0.39 is 0 Å². The van der Waals surface area contributed by atoms with E-state index in [1.54, 1.807) is 23.7 Å². The molecule has 0 bridgehead atoms. The maximum absolute atomic E-state index is 12.8. The van der Waals surface area contributed by atoms with Crippen LogP contribution in [0.15, 0.2) is 24.3 Å². The van der Waals surface area contributed by atoms with Crippen LogP contribution in [0.3, 0.4) is 0 Å². The maximum Gasteiger partial charge on any atom is 0.317 e. The van der Waals surface area contributed by atoms with E-state index >= 15 is 0 Å². The molecule has 138 valence electrons. The van der Waals surface area contributed by atoms with Crippen molar-refractivity contribution >= 4 is 23.7 Å². The zero-order chi connectivity index (χ0) is 18.4. The summed E-state index contributed by atoms with van der Waals surface area (Å²) in [6, 6.07) is 8.15. The highest BCUT2D eigenvalue weighted by atomic mass is 32.2. The van der Waals surface area contributed by atoms with E-state index in [2.05, 4.69) is 31.3 Å². The molecular formula is C19H29N3O2S. The Hall–Kier alpha value is -1.69. The number of rotatable bonds is 7. The van der Waals surface area contributed by atoms with E-state index in [-0.39, 0.29) is 22.6 Å². The van der Waals surface area contributed by atoms with Crippen molar-refractivity contribution in [2.24, 2.45) is 0 Å². The molecule has 1 aromatic rings. The second-order valence-corrected chi connectivity index (χ2v) is 7.71. The van der Waals surface area contributed by atoms with Crippen molar-refractivity contribution in [3.05, 3.63) is 35.4 Å². The van der Waals surface area contributed by atoms with Crippen LogP contribution in [0.4, 0.5) is 4.79 Å². The van der Waals surface area contributed by atoms with Gasteiger partial charge < -0.3 is 15.1 Å². The molecule has 0 spiro atoms. The largest absolute Gasteiger partial charge is 0.338 e. The summed E-state index contributed by atoms with van der Waals surface area (Å²) in [5.74, 6) is 0.183. The second kappa shape index (κ2) is 9.13. The van der Waals surface area contributed by atoms with E-state index in [1.807, 2.05) is 24.0 Å². The average Bonchev–Trinajstić information content (AvgIpc) is 2.93. The van der Waals surface area contributed by atoms with Crippen molar-refractivity contribution in [1.82, 2.24) is 15.1 Å². The van der Waals surface area contributed by atoms with Crippen LogP contribution < -0.4 is 5.32 Å². The standard InChI is InChI=1S/C19H29N3O2S/c1-5-11-20-19(24)21(4)12-13-22-17(23)16(6-2)25-18(22)15-10-8-7-9-14(15)3/h7-10,16,18H,5-6,11-13H2,1-4H3,(H,20,24)/t16-,18+/m0/s1. The Morgan fingerprint density at radius 1 is 1.32 bits per heavy atom. The monoisotopic (exact) mass is 363 g/mol. The van der Waals surface area contributed by atoms with Gasteiger partial charge in [0.2, 0.25) is 5.91 Å². The molecule has 0 radical (unpaired) electrons. The van der Waals surface area contributed by atoms with Gasteiger partial charge in [-0.15, -0.1) is 11.8 Å². The lowest BCUT2D eigenvalue weighted by molar-refractivity contribution is -0.130. The lowest BCUT2D eigenvalue weighted by Gasteiger charge is -2.27. The van der Waals surface area contributed by atoms with Gasteiger partial charge in [0, 0.05) is 26.7 Å². The average molecular weight is 364 g/mol. The van der Waals surface area contributed by atoms with Gasteiger partial charge >= 0.3 is 6.03 Å². The van der Waals surface area contributed by atoms with E-state index in [0.717, 1.165) is 12.8 Å². The van der Waals surface area contributed by atoms with Gasteiger partial charge in [-0.25, -0.2) is 4.79 Å². The van der Waals surface area contributed by atoms with Crippen molar-refractivity contribution in [1.29, 1.82) is 0 Å². The van der Waals surface area contributed by atoms with Gasteiger partial charge in [0.15, 0.2) is 0 Å². The van der Waals surface area contributed by atoms with Crippen LogP contribution in [-0.2, 0) is 4.79 Å². The molecule has 2 atom stereocenters. The van der Waals surface area contributed by atoms with Crippen LogP contribution in [0.25, 0.3) is 0 Å². The number of hydrogen-bond donors (Lipinski definition) is 1. The number of thioether (sulfide) groups is 1. The molecule has 25 heavy (non-hydrogen) atoms. The Morgan fingerprint density at radius 3 is 2.68 bits per heavy atom. The number of benzene rings is 1. The normalized spacial score (nSPS) is 20.0. The minimum absolute atomic E-state index is 0.00355. The summed E-state index contributed by atoms with van der Waals surface area (Å²) in [5.41, 5.74) is 2.39. The predicted molar refractivity (Wildman–Crippen MR) is 104 cm³/mol. The zero-order valence-electron chi connectivity index (χ0n) is 15.6. The topological polar surface area (TPSA) is 52.7 Å². The molecule has 6 heteroatoms. The van der Waals surface area contributed by atoms with Crippen LogP contribution >= 0.6 is 11.8 Å². The summed E-state index contributed by atoms with van der Waals surface area (Å²) in [7, 11) is 1.78. The van der Waals surface area contributed by atoms with Gasteiger partial charge in [0.05, 0.1) is 5.25 Å². The van der Waals surface area contributed by atoms with Crippen LogP contribution in [0, 0.1) is 6.92 Å². The number of carbonyl (C=O) groups is 2. The second-order valence-electron chi connectivity index (χ2n) is 6.43. The predicted octanol–water partition coefficient (Wildman–Crippen LogP) is 3.40. The van der Waals surface area contributed by atoms with E-state index in [1.165, 1.54) is 11.1 Å². The highest BCUT2D eigenvalue weighted by Gasteiger charge is 2.40. The Morgan fingerprint density at radius 2 is 2.04 bits per heavy atom. The Kier molecular flexibility index (Phi) is 7.17. The number of likely N-dealkylation sites (N-methyl/N-ethyl adjacent to an activating group) is 1. The summed E-state index contributed by atoms with van der Waals surface area (Å²) in [5, 5.41) is 2.91. The highest BCUT2D eigenvalue weighted by molar-refractivity contribution is 8.01. The van der Waals surface area contributed by atoms with Crippen molar-refractivity contribution < 1.29 is 9.59 Å². The molecule has 0 aliphatic carbocycles. The molecule has 0 saturated carbocycles. The first kappa shape index (κ1) is 19.6. The van der Waals surface area contributed by atoms with Gasteiger partial charge in [-0.05, 0) is 30.9 Å².